The molecule has 0 aliphatic carbocycles. The third-order valence-electron chi connectivity index (χ3n) is 7.41. The molecule has 3 rings (SSSR count). The maximum Gasteiger partial charge on any atom is 0.146 e. The molecule has 40 heavy (non-hydrogen) atoms. The average molecular weight is 539 g/mol. The Hall–Kier alpha value is -3.20. The molecule has 0 saturated heterocycles. The van der Waals surface area contributed by atoms with Crippen molar-refractivity contribution in [1.29, 1.82) is 0 Å². The number of aromatic hydroxyl groups is 1. The molecule has 0 atom stereocenters. The van der Waals surface area contributed by atoms with Crippen LogP contribution in [0, 0.1) is 5.92 Å². The van der Waals surface area contributed by atoms with Gasteiger partial charge in [-0.2, -0.15) is 0 Å². The second-order valence-corrected chi connectivity index (χ2v) is 12.7. The molecular weight excluding hydrogens is 488 g/mol. The van der Waals surface area contributed by atoms with Gasteiger partial charge in [0.15, 0.2) is 0 Å². The van der Waals surface area contributed by atoms with Crippen LogP contribution in [0.1, 0.15) is 103 Å². The molecule has 3 heteroatoms. The van der Waals surface area contributed by atoms with Crippen molar-refractivity contribution in [2.45, 2.75) is 108 Å². The van der Waals surface area contributed by atoms with E-state index < -0.39 is 0 Å². The Labute approximate surface area is 242 Å². The first-order valence-electron chi connectivity index (χ1n) is 14.9. The number of hydrogen-bond acceptors (Lipinski definition) is 3. The highest BCUT2D eigenvalue weighted by Crippen LogP contribution is 2.38. The molecule has 0 spiro atoms. The lowest BCUT2D eigenvalue weighted by molar-refractivity contribution is 0.467. The smallest absolute Gasteiger partial charge is 0.146 e. The van der Waals surface area contributed by atoms with E-state index in [-0.39, 0.29) is 0 Å². The van der Waals surface area contributed by atoms with Gasteiger partial charge in [0.1, 0.15) is 11.3 Å². The number of nitrogens with zero attached hydrogens (tertiary/aromatic N) is 2. The number of aromatic nitrogens is 2. The van der Waals surface area contributed by atoms with Crippen LogP contribution in [0.4, 0.5) is 0 Å². The Morgan fingerprint density at radius 1 is 0.625 bits per heavy atom. The van der Waals surface area contributed by atoms with Crippen LogP contribution in [0.3, 0.4) is 0 Å². The highest BCUT2D eigenvalue weighted by Gasteiger charge is 2.22. The number of phenols is 1. The van der Waals surface area contributed by atoms with Crippen molar-refractivity contribution in [2.75, 3.05) is 0 Å². The maximum atomic E-state index is 11.8. The summed E-state index contributed by atoms with van der Waals surface area (Å²) in [6.07, 6.45) is 14.2. The summed E-state index contributed by atoms with van der Waals surface area (Å²) in [6.45, 7) is 21.6. The van der Waals surface area contributed by atoms with Crippen LogP contribution in [0.2, 0.25) is 0 Å². The monoisotopic (exact) mass is 538 g/mol. The summed E-state index contributed by atoms with van der Waals surface area (Å²) in [4.78, 5) is 10.5. The predicted molar refractivity (Wildman–Crippen MR) is 174 cm³/mol. The van der Waals surface area contributed by atoms with Gasteiger partial charge in [0.2, 0.25) is 0 Å². The molecule has 214 valence electrons. The summed E-state index contributed by atoms with van der Waals surface area (Å²) in [5.74, 6) is 0.856. The molecule has 0 amide bonds. The predicted octanol–water partition coefficient (Wildman–Crippen LogP) is 10.1. The zero-order valence-electron chi connectivity index (χ0n) is 26.6. The van der Waals surface area contributed by atoms with Gasteiger partial charge in [-0.15, -0.1) is 0 Å². The van der Waals surface area contributed by atoms with Gasteiger partial charge >= 0.3 is 0 Å². The topological polar surface area (TPSA) is 46.0 Å². The van der Waals surface area contributed by atoms with Crippen molar-refractivity contribution in [1.82, 2.24) is 9.97 Å². The molecular formula is C37H50N2O. The highest BCUT2D eigenvalue weighted by atomic mass is 16.3. The Balaban J connectivity index is 2.47. The third kappa shape index (κ3) is 7.93. The summed E-state index contributed by atoms with van der Waals surface area (Å²) in [5, 5.41) is 11.8. The number of allylic oxidation sites excluding steroid dienone is 8. The van der Waals surface area contributed by atoms with Gasteiger partial charge in [0.05, 0.1) is 16.6 Å². The van der Waals surface area contributed by atoms with Crippen LogP contribution < -0.4 is 0 Å². The minimum absolute atomic E-state index is 0.308. The fourth-order valence-corrected chi connectivity index (χ4v) is 5.03. The fraction of sp³-hybridized carbons (Fsp3) is 0.459. The second kappa shape index (κ2) is 13.9. The first-order valence-corrected chi connectivity index (χ1v) is 14.9. The van der Waals surface area contributed by atoms with Crippen LogP contribution in [0.25, 0.3) is 22.1 Å². The van der Waals surface area contributed by atoms with E-state index in [1.54, 1.807) is 0 Å². The quantitative estimate of drug-likeness (QED) is 0.195. The van der Waals surface area contributed by atoms with Crippen LogP contribution in [-0.2, 0) is 32.1 Å². The molecule has 1 aromatic heterocycles. The number of benzene rings is 2. The molecule has 0 saturated carbocycles. The van der Waals surface area contributed by atoms with E-state index in [1.807, 2.05) is 0 Å². The van der Waals surface area contributed by atoms with Crippen LogP contribution in [0.5, 0.6) is 5.75 Å². The van der Waals surface area contributed by atoms with Gasteiger partial charge in [0.25, 0.3) is 0 Å². The summed E-state index contributed by atoms with van der Waals surface area (Å²) in [5.41, 5.74) is 14.4. The molecule has 1 N–H and O–H groups in total. The summed E-state index contributed by atoms with van der Waals surface area (Å²) in [7, 11) is 0. The Morgan fingerprint density at radius 2 is 1.15 bits per heavy atom. The number of fused-ring (bicyclic) bond motifs is 2. The average Bonchev–Trinajstić information content (AvgIpc) is 2.87. The number of phenolic OH excluding ortho intramolecular Hbond substituents is 1. The summed E-state index contributed by atoms with van der Waals surface area (Å²) in [6, 6.07) is 4.28. The second-order valence-electron chi connectivity index (χ2n) is 12.7. The maximum absolute atomic E-state index is 11.8. The molecule has 0 aliphatic rings. The zero-order valence-corrected chi connectivity index (χ0v) is 26.6. The SMILES string of the molecule is CC(C)=CCc1ccc2nc3c(O)c(CCC(C)C)c(CC=C(C)C)c(CC=C(C)C)c3nc2c1CC=C(C)C. The lowest BCUT2D eigenvalue weighted by Crippen LogP contribution is -2.07. The van der Waals surface area contributed by atoms with E-state index >= 15 is 0 Å². The lowest BCUT2D eigenvalue weighted by atomic mass is 9.88. The normalized spacial score (nSPS) is 11.2. The highest BCUT2D eigenvalue weighted by molar-refractivity contribution is 5.95. The largest absolute Gasteiger partial charge is 0.505 e. The Morgan fingerprint density at radius 3 is 1.70 bits per heavy atom. The fourth-order valence-electron chi connectivity index (χ4n) is 5.03. The number of hydrogen-bond donors (Lipinski definition) is 1. The first-order chi connectivity index (χ1) is 18.9. The van der Waals surface area contributed by atoms with Gasteiger partial charge in [-0.1, -0.05) is 66.5 Å². The lowest BCUT2D eigenvalue weighted by Gasteiger charge is -2.20. The van der Waals surface area contributed by atoms with E-state index in [1.165, 1.54) is 44.5 Å². The Bertz CT molecular complexity index is 1480. The minimum atomic E-state index is 0.308. The summed E-state index contributed by atoms with van der Waals surface area (Å²) >= 11 is 0. The molecule has 0 aliphatic heterocycles. The van der Waals surface area contributed by atoms with Gasteiger partial charge in [-0.25, -0.2) is 9.97 Å². The van der Waals surface area contributed by atoms with Crippen molar-refractivity contribution in [3.05, 3.63) is 86.5 Å². The molecule has 3 aromatic rings. The number of rotatable bonds is 11. The van der Waals surface area contributed by atoms with Crippen molar-refractivity contribution in [2.24, 2.45) is 5.92 Å². The molecule has 0 unspecified atom stereocenters. The Kier molecular flexibility index (Phi) is 10.9. The minimum Gasteiger partial charge on any atom is -0.505 e. The molecule has 2 aromatic carbocycles. The molecule has 0 radical (unpaired) electrons. The van der Waals surface area contributed by atoms with Crippen LogP contribution in [-0.4, -0.2) is 15.1 Å². The zero-order chi connectivity index (χ0) is 29.6. The van der Waals surface area contributed by atoms with Crippen molar-refractivity contribution < 1.29 is 5.11 Å². The summed E-state index contributed by atoms with van der Waals surface area (Å²) < 4.78 is 0. The van der Waals surface area contributed by atoms with E-state index in [4.69, 9.17) is 9.97 Å². The van der Waals surface area contributed by atoms with Crippen molar-refractivity contribution in [3.63, 3.8) is 0 Å². The van der Waals surface area contributed by atoms with Gasteiger partial charge < -0.3 is 5.11 Å². The van der Waals surface area contributed by atoms with Gasteiger partial charge in [-0.05, 0) is 128 Å². The molecule has 3 nitrogen and oxygen atoms in total. The first kappa shape index (κ1) is 31.3. The van der Waals surface area contributed by atoms with E-state index in [0.29, 0.717) is 17.2 Å². The van der Waals surface area contributed by atoms with Crippen molar-refractivity contribution in [3.8, 4) is 5.75 Å². The van der Waals surface area contributed by atoms with E-state index in [0.717, 1.165) is 60.6 Å². The van der Waals surface area contributed by atoms with E-state index in [9.17, 15) is 5.11 Å². The molecule has 0 bridgehead atoms. The van der Waals surface area contributed by atoms with Crippen LogP contribution >= 0.6 is 0 Å². The standard InChI is InChI=1S/C37H50N2O/c1-23(2)11-16-28-17-22-33-34(29(28)18-12-24(3)4)39-35-31(20-14-26(7)8)30(19-13-25(5)6)32(21-15-27(9)10)37(40)36(35)38-33/h11-14,17,22,27,40H,15-16,18-21H2,1-10H3. The molecule has 1 heterocycles. The van der Waals surface area contributed by atoms with E-state index in [2.05, 4.69) is 106 Å². The molecule has 0 fully saturated rings. The third-order valence-corrected chi connectivity index (χ3v) is 7.41. The van der Waals surface area contributed by atoms with Gasteiger partial charge in [-0.3, -0.25) is 0 Å². The van der Waals surface area contributed by atoms with Crippen molar-refractivity contribution >= 4 is 22.1 Å². The van der Waals surface area contributed by atoms with Gasteiger partial charge in [0, 0.05) is 5.56 Å². The van der Waals surface area contributed by atoms with Crippen LogP contribution in [0.15, 0.2) is 58.7 Å².